The number of carbonyl (C=O) groups excluding carboxylic acids is 3. The van der Waals surface area contributed by atoms with E-state index in [0.717, 1.165) is 16.9 Å². The van der Waals surface area contributed by atoms with Crippen LogP contribution in [0, 0.1) is 0 Å². The van der Waals surface area contributed by atoms with Gasteiger partial charge in [0.2, 0.25) is 0 Å². The lowest BCUT2D eigenvalue weighted by atomic mass is 9.94. The number of ketones is 1. The van der Waals surface area contributed by atoms with Gasteiger partial charge in [-0.1, -0.05) is 18.2 Å². The maximum atomic E-state index is 13.3. The number of ether oxygens (including phenoxy) is 2. The number of carbonyl (C=O) groups is 3. The standard InChI is InChI=1S/C28H24N2O6/c1-16-12-21-13-20(9-10-22(21)36-16)25(31)23-24(18-5-7-19(8-6-18)28(34)35-2)30(27(33)26(23)32)15-17-4-3-11-29-14-17/h3-11,13-14,16,24,31H,12,15H2,1-2H3/b25-23+/t16-,24-/m1/s1. The minimum atomic E-state index is -0.861. The fraction of sp³-hybridized carbons (Fsp3) is 0.214. The Hall–Kier alpha value is -4.46. The van der Waals surface area contributed by atoms with Crippen molar-refractivity contribution in [1.29, 1.82) is 0 Å². The first-order valence-corrected chi connectivity index (χ1v) is 11.5. The number of fused-ring (bicyclic) bond motifs is 1. The van der Waals surface area contributed by atoms with Gasteiger partial charge in [0.1, 0.15) is 17.6 Å². The molecule has 1 N–H and O–H groups in total. The van der Waals surface area contributed by atoms with E-state index in [2.05, 4.69) is 4.98 Å². The minimum absolute atomic E-state index is 0.0124. The Morgan fingerprint density at radius 3 is 2.58 bits per heavy atom. The van der Waals surface area contributed by atoms with Gasteiger partial charge in [0.05, 0.1) is 24.3 Å². The summed E-state index contributed by atoms with van der Waals surface area (Å²) in [6, 6.07) is 14.4. The van der Waals surface area contributed by atoms with Gasteiger partial charge in [-0.25, -0.2) is 4.79 Å². The molecule has 2 aliphatic heterocycles. The number of hydrogen-bond acceptors (Lipinski definition) is 7. The van der Waals surface area contributed by atoms with E-state index in [-0.39, 0.29) is 24.0 Å². The Balaban J connectivity index is 1.62. The quantitative estimate of drug-likeness (QED) is 0.254. The van der Waals surface area contributed by atoms with Crippen molar-refractivity contribution >= 4 is 23.4 Å². The van der Waals surface area contributed by atoms with Gasteiger partial charge in [0.25, 0.3) is 11.7 Å². The predicted molar refractivity (Wildman–Crippen MR) is 130 cm³/mol. The molecule has 8 nitrogen and oxygen atoms in total. The molecule has 0 aliphatic carbocycles. The van der Waals surface area contributed by atoms with Crippen LogP contribution in [-0.4, -0.2) is 45.9 Å². The van der Waals surface area contributed by atoms with Gasteiger partial charge >= 0.3 is 5.97 Å². The van der Waals surface area contributed by atoms with Gasteiger partial charge < -0.3 is 19.5 Å². The number of likely N-dealkylation sites (tertiary alicyclic amines) is 1. The van der Waals surface area contributed by atoms with Crippen molar-refractivity contribution in [3.63, 3.8) is 0 Å². The van der Waals surface area contributed by atoms with Crippen LogP contribution in [-0.2, 0) is 27.3 Å². The zero-order valence-electron chi connectivity index (χ0n) is 19.8. The number of benzene rings is 2. The summed E-state index contributed by atoms with van der Waals surface area (Å²) in [5, 5.41) is 11.4. The number of nitrogens with zero attached hydrogens (tertiary/aromatic N) is 2. The molecule has 0 bridgehead atoms. The maximum absolute atomic E-state index is 13.3. The SMILES string of the molecule is COC(=O)c1ccc([C@@H]2/C(=C(\O)c3ccc4c(c3)C[C@@H](C)O4)C(=O)C(=O)N2Cc2cccnc2)cc1. The number of aromatic nitrogens is 1. The van der Waals surface area contributed by atoms with Gasteiger partial charge in [-0.3, -0.25) is 14.6 Å². The van der Waals surface area contributed by atoms with Gasteiger partial charge in [0, 0.05) is 30.9 Å². The molecule has 1 aromatic heterocycles. The number of methoxy groups -OCH3 is 1. The highest BCUT2D eigenvalue weighted by atomic mass is 16.5. The molecule has 0 saturated carbocycles. The van der Waals surface area contributed by atoms with Crippen molar-refractivity contribution in [1.82, 2.24) is 9.88 Å². The van der Waals surface area contributed by atoms with Gasteiger partial charge in [-0.05, 0) is 60.0 Å². The molecule has 8 heteroatoms. The average molecular weight is 485 g/mol. The van der Waals surface area contributed by atoms with E-state index in [9.17, 15) is 19.5 Å². The smallest absolute Gasteiger partial charge is 0.337 e. The summed E-state index contributed by atoms with van der Waals surface area (Å²) < 4.78 is 10.5. The second-order valence-corrected chi connectivity index (χ2v) is 8.86. The van der Waals surface area contributed by atoms with E-state index in [1.165, 1.54) is 12.0 Å². The minimum Gasteiger partial charge on any atom is -0.507 e. The Morgan fingerprint density at radius 1 is 1.14 bits per heavy atom. The molecular weight excluding hydrogens is 460 g/mol. The molecule has 0 spiro atoms. The van der Waals surface area contributed by atoms with Crippen LogP contribution in [0.3, 0.4) is 0 Å². The number of pyridine rings is 1. The van der Waals surface area contributed by atoms with Gasteiger partial charge in [-0.15, -0.1) is 0 Å². The highest BCUT2D eigenvalue weighted by Gasteiger charge is 2.46. The third-order valence-corrected chi connectivity index (χ3v) is 6.43. The lowest BCUT2D eigenvalue weighted by Crippen LogP contribution is -2.29. The zero-order valence-corrected chi connectivity index (χ0v) is 19.8. The van der Waals surface area contributed by atoms with Crippen LogP contribution in [0.15, 0.2) is 72.6 Å². The lowest BCUT2D eigenvalue weighted by molar-refractivity contribution is -0.140. The van der Waals surface area contributed by atoms with Crippen LogP contribution in [0.5, 0.6) is 5.75 Å². The normalized spacial score (nSPS) is 20.2. The topological polar surface area (TPSA) is 106 Å². The molecule has 5 rings (SSSR count). The molecule has 1 amide bonds. The average Bonchev–Trinajstić information content (AvgIpc) is 3.39. The monoisotopic (exact) mass is 484 g/mol. The molecule has 2 aromatic carbocycles. The molecule has 3 aromatic rings. The molecular formula is C28H24N2O6. The van der Waals surface area contributed by atoms with Crippen molar-refractivity contribution in [3.05, 3.63) is 100 Å². The van der Waals surface area contributed by atoms with Crippen molar-refractivity contribution in [3.8, 4) is 5.75 Å². The predicted octanol–water partition coefficient (Wildman–Crippen LogP) is 3.81. The number of hydrogen-bond donors (Lipinski definition) is 1. The molecule has 2 aliphatic rings. The number of esters is 1. The Bertz CT molecular complexity index is 1380. The first-order chi connectivity index (χ1) is 17.4. The summed E-state index contributed by atoms with van der Waals surface area (Å²) >= 11 is 0. The van der Waals surface area contributed by atoms with Crippen LogP contribution in [0.25, 0.3) is 5.76 Å². The van der Waals surface area contributed by atoms with E-state index in [1.807, 2.05) is 13.0 Å². The van der Waals surface area contributed by atoms with Crippen molar-refractivity contribution < 1.29 is 29.0 Å². The third-order valence-electron chi connectivity index (χ3n) is 6.43. The summed E-state index contributed by atoms with van der Waals surface area (Å²) in [6.45, 7) is 2.08. The summed E-state index contributed by atoms with van der Waals surface area (Å²) in [6.07, 6.45) is 3.96. The molecule has 36 heavy (non-hydrogen) atoms. The zero-order chi connectivity index (χ0) is 25.4. The van der Waals surface area contributed by atoms with Crippen LogP contribution < -0.4 is 4.74 Å². The van der Waals surface area contributed by atoms with E-state index in [4.69, 9.17) is 9.47 Å². The summed E-state index contributed by atoms with van der Waals surface area (Å²) in [7, 11) is 1.29. The number of aliphatic hydroxyl groups is 1. The van der Waals surface area contributed by atoms with E-state index < -0.39 is 23.7 Å². The second kappa shape index (κ2) is 9.30. The first-order valence-electron chi connectivity index (χ1n) is 11.5. The molecule has 0 radical (unpaired) electrons. The van der Waals surface area contributed by atoms with E-state index >= 15 is 0 Å². The summed E-state index contributed by atoms with van der Waals surface area (Å²) in [4.78, 5) is 43.9. The van der Waals surface area contributed by atoms with Gasteiger partial charge in [-0.2, -0.15) is 0 Å². The molecule has 1 fully saturated rings. The molecule has 1 saturated heterocycles. The highest BCUT2D eigenvalue weighted by molar-refractivity contribution is 6.46. The van der Waals surface area contributed by atoms with Crippen molar-refractivity contribution in [2.45, 2.75) is 32.0 Å². The number of aliphatic hydroxyl groups excluding tert-OH is 1. The van der Waals surface area contributed by atoms with Gasteiger partial charge in [0.15, 0.2) is 0 Å². The first kappa shape index (κ1) is 23.3. The number of rotatable bonds is 5. The van der Waals surface area contributed by atoms with E-state index in [1.54, 1.807) is 60.9 Å². The van der Waals surface area contributed by atoms with Crippen molar-refractivity contribution in [2.75, 3.05) is 7.11 Å². The summed E-state index contributed by atoms with van der Waals surface area (Å²) in [5.41, 5.74) is 2.99. The fourth-order valence-electron chi connectivity index (χ4n) is 4.72. The third kappa shape index (κ3) is 4.11. The summed E-state index contributed by atoms with van der Waals surface area (Å²) in [5.74, 6) is -1.51. The van der Waals surface area contributed by atoms with E-state index in [0.29, 0.717) is 23.1 Å². The maximum Gasteiger partial charge on any atom is 0.337 e. The Labute approximate surface area is 207 Å². The van der Waals surface area contributed by atoms with Crippen LogP contribution in [0.4, 0.5) is 0 Å². The van der Waals surface area contributed by atoms with Crippen LogP contribution in [0.2, 0.25) is 0 Å². The second-order valence-electron chi connectivity index (χ2n) is 8.86. The Kier molecular flexibility index (Phi) is 6.01. The molecule has 182 valence electrons. The highest BCUT2D eigenvalue weighted by Crippen LogP contribution is 2.41. The molecule has 3 heterocycles. The number of amides is 1. The van der Waals surface area contributed by atoms with Crippen LogP contribution >= 0.6 is 0 Å². The number of Topliss-reactive ketones (excluding diaryl/α,β-unsaturated/α-hetero) is 1. The van der Waals surface area contributed by atoms with Crippen LogP contribution in [0.1, 0.15) is 45.6 Å². The largest absolute Gasteiger partial charge is 0.507 e. The lowest BCUT2D eigenvalue weighted by Gasteiger charge is -2.25. The fourth-order valence-corrected chi connectivity index (χ4v) is 4.72. The Morgan fingerprint density at radius 2 is 1.89 bits per heavy atom. The molecule has 2 atom stereocenters. The molecule has 0 unspecified atom stereocenters. The van der Waals surface area contributed by atoms with Crippen molar-refractivity contribution in [2.24, 2.45) is 0 Å².